The molecule has 0 bridgehead atoms. The van der Waals surface area contributed by atoms with Crippen LogP contribution in [0.1, 0.15) is 16.7 Å². The lowest BCUT2D eigenvalue weighted by atomic mass is 9.99. The first kappa shape index (κ1) is 14.5. The summed E-state index contributed by atoms with van der Waals surface area (Å²) in [5.74, 6) is 0. The number of hydrogen-bond acceptors (Lipinski definition) is 5. The summed E-state index contributed by atoms with van der Waals surface area (Å²) in [4.78, 5) is 14.3. The molecule has 1 aliphatic rings. The van der Waals surface area contributed by atoms with Crippen LogP contribution in [0.2, 0.25) is 0 Å². The third-order valence-corrected chi connectivity index (χ3v) is 4.58. The zero-order valence-electron chi connectivity index (χ0n) is 13.3. The molecule has 3 aromatic rings. The molecule has 1 aliphatic heterocycles. The van der Waals surface area contributed by atoms with E-state index in [2.05, 4.69) is 11.8 Å². The van der Waals surface area contributed by atoms with Crippen LogP contribution in [0.25, 0.3) is 21.9 Å². The number of furan rings is 1. The molecular formula is C18H19NO4. The molecule has 120 valence electrons. The summed E-state index contributed by atoms with van der Waals surface area (Å²) in [6.07, 6.45) is 1.75. The average Bonchev–Trinajstić information content (AvgIpc) is 2.89. The van der Waals surface area contributed by atoms with Crippen LogP contribution in [0, 0.1) is 13.8 Å². The second kappa shape index (κ2) is 5.51. The molecule has 1 aromatic carbocycles. The molecule has 23 heavy (non-hydrogen) atoms. The molecule has 4 rings (SSSR count). The highest BCUT2D eigenvalue weighted by Crippen LogP contribution is 2.32. The fraction of sp³-hybridized carbons (Fsp3) is 0.389. The van der Waals surface area contributed by atoms with E-state index in [1.165, 1.54) is 0 Å². The molecule has 0 amide bonds. The number of rotatable bonds is 2. The van der Waals surface area contributed by atoms with Crippen LogP contribution >= 0.6 is 0 Å². The molecule has 1 saturated heterocycles. The van der Waals surface area contributed by atoms with E-state index < -0.39 is 0 Å². The van der Waals surface area contributed by atoms with Crippen LogP contribution in [0.4, 0.5) is 0 Å². The molecule has 2 aromatic heterocycles. The van der Waals surface area contributed by atoms with Gasteiger partial charge in [0.25, 0.3) is 0 Å². The largest absolute Gasteiger partial charge is 0.464 e. The molecule has 0 unspecified atom stereocenters. The number of morpholine rings is 1. The predicted octanol–water partition coefficient (Wildman–Crippen LogP) is 2.99. The molecule has 0 saturated carbocycles. The molecule has 5 heteroatoms. The van der Waals surface area contributed by atoms with Crippen molar-refractivity contribution in [2.24, 2.45) is 0 Å². The van der Waals surface area contributed by atoms with Crippen LogP contribution < -0.4 is 5.63 Å². The lowest BCUT2D eigenvalue weighted by molar-refractivity contribution is 0.0343. The zero-order chi connectivity index (χ0) is 16.0. The van der Waals surface area contributed by atoms with Gasteiger partial charge in [0.2, 0.25) is 0 Å². The Morgan fingerprint density at radius 1 is 1.09 bits per heavy atom. The van der Waals surface area contributed by atoms with Gasteiger partial charge in [-0.05, 0) is 30.5 Å². The van der Waals surface area contributed by atoms with Gasteiger partial charge in [-0.3, -0.25) is 4.90 Å². The maximum Gasteiger partial charge on any atom is 0.336 e. The van der Waals surface area contributed by atoms with Gasteiger partial charge < -0.3 is 13.6 Å². The maximum atomic E-state index is 12.0. The highest BCUT2D eigenvalue weighted by atomic mass is 16.5. The highest BCUT2D eigenvalue weighted by Gasteiger charge is 2.18. The van der Waals surface area contributed by atoms with Crippen LogP contribution in [-0.2, 0) is 11.3 Å². The van der Waals surface area contributed by atoms with Crippen LogP contribution in [-0.4, -0.2) is 31.2 Å². The van der Waals surface area contributed by atoms with E-state index in [4.69, 9.17) is 13.6 Å². The summed E-state index contributed by atoms with van der Waals surface area (Å²) in [5, 5.41) is 2.13. The van der Waals surface area contributed by atoms with Crippen LogP contribution in [0.3, 0.4) is 0 Å². The van der Waals surface area contributed by atoms with Crippen molar-refractivity contribution in [3.8, 4) is 0 Å². The molecule has 0 N–H and O–H groups in total. The molecule has 0 radical (unpaired) electrons. The fourth-order valence-electron chi connectivity index (χ4n) is 3.51. The van der Waals surface area contributed by atoms with Crippen LogP contribution in [0.15, 0.2) is 32.0 Å². The third kappa shape index (κ3) is 2.46. The monoisotopic (exact) mass is 313 g/mol. The molecule has 1 fully saturated rings. The number of benzene rings is 1. The van der Waals surface area contributed by atoms with Crippen molar-refractivity contribution in [1.29, 1.82) is 0 Å². The van der Waals surface area contributed by atoms with Gasteiger partial charge in [0.1, 0.15) is 11.2 Å². The number of nitrogens with zero attached hydrogens (tertiary/aromatic N) is 1. The van der Waals surface area contributed by atoms with Crippen molar-refractivity contribution in [3.63, 3.8) is 0 Å². The van der Waals surface area contributed by atoms with E-state index in [1.807, 2.05) is 13.0 Å². The van der Waals surface area contributed by atoms with Crippen molar-refractivity contribution < 1.29 is 13.6 Å². The minimum Gasteiger partial charge on any atom is -0.464 e. The standard InChI is InChI=1S/C18H19NO4/c1-11-10-22-14-8-15-18(12(2)17(11)14)13(7-16(20)23-15)9-19-3-5-21-6-4-19/h7-8,10H,3-6,9H2,1-2H3. The van der Waals surface area contributed by atoms with Crippen molar-refractivity contribution in [1.82, 2.24) is 4.90 Å². The molecule has 5 nitrogen and oxygen atoms in total. The van der Waals surface area contributed by atoms with Crippen molar-refractivity contribution in [3.05, 3.63) is 45.5 Å². The summed E-state index contributed by atoms with van der Waals surface area (Å²) in [5.41, 5.74) is 4.26. The molecule has 0 aliphatic carbocycles. The first-order valence-electron chi connectivity index (χ1n) is 7.88. The Balaban J connectivity index is 1.92. The Kier molecular flexibility index (Phi) is 3.47. The number of ether oxygens (including phenoxy) is 1. The van der Waals surface area contributed by atoms with Gasteiger partial charge in [0.15, 0.2) is 0 Å². The van der Waals surface area contributed by atoms with Crippen LogP contribution in [0.5, 0.6) is 0 Å². The predicted molar refractivity (Wildman–Crippen MR) is 87.8 cm³/mol. The first-order valence-corrected chi connectivity index (χ1v) is 7.88. The Bertz CT molecular complexity index is 931. The van der Waals surface area contributed by atoms with Gasteiger partial charge >= 0.3 is 5.63 Å². The quantitative estimate of drug-likeness (QED) is 0.681. The van der Waals surface area contributed by atoms with Gasteiger partial charge in [-0.25, -0.2) is 4.79 Å². The average molecular weight is 313 g/mol. The van der Waals surface area contributed by atoms with Crippen molar-refractivity contribution >= 4 is 21.9 Å². The zero-order valence-corrected chi connectivity index (χ0v) is 13.3. The third-order valence-electron chi connectivity index (χ3n) is 4.58. The molecule has 0 atom stereocenters. The minimum atomic E-state index is -0.317. The fourth-order valence-corrected chi connectivity index (χ4v) is 3.51. The SMILES string of the molecule is Cc1coc2cc3oc(=O)cc(CN4CCOCC4)c3c(C)c12. The smallest absolute Gasteiger partial charge is 0.336 e. The second-order valence-corrected chi connectivity index (χ2v) is 6.15. The van der Waals surface area contributed by atoms with E-state index in [0.29, 0.717) is 5.58 Å². The Morgan fingerprint density at radius 2 is 1.87 bits per heavy atom. The topological polar surface area (TPSA) is 55.8 Å². The lowest BCUT2D eigenvalue weighted by Gasteiger charge is -2.27. The Morgan fingerprint density at radius 3 is 2.65 bits per heavy atom. The minimum absolute atomic E-state index is 0.317. The number of aryl methyl sites for hydroxylation is 2. The van der Waals surface area contributed by atoms with Gasteiger partial charge in [-0.1, -0.05) is 0 Å². The van der Waals surface area contributed by atoms with E-state index >= 15 is 0 Å². The highest BCUT2D eigenvalue weighted by molar-refractivity contribution is 6.00. The Labute approximate surface area is 133 Å². The molecule has 0 spiro atoms. The number of fused-ring (bicyclic) bond motifs is 2. The van der Waals surface area contributed by atoms with E-state index in [-0.39, 0.29) is 5.63 Å². The van der Waals surface area contributed by atoms with Gasteiger partial charge in [-0.2, -0.15) is 0 Å². The second-order valence-electron chi connectivity index (χ2n) is 6.15. The van der Waals surface area contributed by atoms with Crippen molar-refractivity contribution in [2.45, 2.75) is 20.4 Å². The lowest BCUT2D eigenvalue weighted by Crippen LogP contribution is -2.35. The number of hydrogen-bond donors (Lipinski definition) is 0. The van der Waals surface area contributed by atoms with Gasteiger partial charge in [-0.15, -0.1) is 0 Å². The normalized spacial score (nSPS) is 16.4. The van der Waals surface area contributed by atoms with Crippen molar-refractivity contribution in [2.75, 3.05) is 26.3 Å². The summed E-state index contributed by atoms with van der Waals surface area (Å²) < 4.78 is 16.4. The van der Waals surface area contributed by atoms with Gasteiger partial charge in [0, 0.05) is 42.5 Å². The summed E-state index contributed by atoms with van der Waals surface area (Å²) in [7, 11) is 0. The van der Waals surface area contributed by atoms with E-state index in [0.717, 1.165) is 65.9 Å². The molecular weight excluding hydrogens is 294 g/mol. The summed E-state index contributed by atoms with van der Waals surface area (Å²) >= 11 is 0. The Hall–Kier alpha value is -2.11. The first-order chi connectivity index (χ1) is 11.1. The summed E-state index contributed by atoms with van der Waals surface area (Å²) in [6, 6.07) is 3.45. The van der Waals surface area contributed by atoms with E-state index in [9.17, 15) is 4.79 Å². The summed E-state index contributed by atoms with van der Waals surface area (Å²) in [6.45, 7) is 8.07. The maximum absolute atomic E-state index is 12.0. The van der Waals surface area contributed by atoms with Gasteiger partial charge in [0.05, 0.1) is 19.5 Å². The van der Waals surface area contributed by atoms with E-state index in [1.54, 1.807) is 12.3 Å². The molecule has 3 heterocycles.